The second kappa shape index (κ2) is 44.2. The fourth-order valence-corrected chi connectivity index (χ4v) is 5.83. The Balaban J connectivity index is 4.45. The van der Waals surface area contributed by atoms with Crippen LogP contribution < -0.4 is 5.73 Å². The lowest BCUT2D eigenvalue weighted by Gasteiger charge is -2.20. The van der Waals surface area contributed by atoms with E-state index in [1.54, 1.807) is 0 Å². The highest BCUT2D eigenvalue weighted by molar-refractivity contribution is 7.47. The molecular weight excluding hydrogens is 790 g/mol. The first-order valence-electron chi connectivity index (χ1n) is 22.2. The highest BCUT2D eigenvalue weighted by Gasteiger charge is 2.27. The van der Waals surface area contributed by atoms with E-state index < -0.39 is 45.1 Å². The minimum absolute atomic E-state index is 0.0474. The standard InChI is InChI=1S/C50H78NO9P/c1-3-5-7-9-11-13-15-17-19-21-23-25-27-29-31-33-35-37-39-41-43-57-44-47(45-58-61(55,56)59-46-48(51)50(53)54)60-49(52)42-40-38-36-34-32-30-28-26-24-22-20-18-16-14-12-10-8-6-4-2/h5-8,11-14,17-20,23-26,29-32,35,37,47-48H,3-4,9-10,15-16,21-22,27-28,33-34,36,38-46,51H2,1-2H3,(H,53,54)(H,55,56)/b7-5-,8-6-,13-11-,14-12-,19-17-,20-18-,25-23-,26-24-,31-29-,32-30-,37-35-. The summed E-state index contributed by atoms with van der Waals surface area (Å²) in [5.41, 5.74) is 5.35. The van der Waals surface area contributed by atoms with Crippen molar-refractivity contribution in [3.63, 3.8) is 0 Å². The van der Waals surface area contributed by atoms with Crippen molar-refractivity contribution in [3.05, 3.63) is 134 Å². The van der Waals surface area contributed by atoms with Gasteiger partial charge < -0.3 is 25.2 Å². The van der Waals surface area contributed by atoms with Gasteiger partial charge in [-0.15, -0.1) is 0 Å². The maximum absolute atomic E-state index is 12.6. The number of ether oxygens (including phenoxy) is 2. The summed E-state index contributed by atoms with van der Waals surface area (Å²) in [6.07, 6.45) is 62.3. The molecule has 0 rings (SSSR count). The third-order valence-electron chi connectivity index (χ3n) is 8.43. The maximum atomic E-state index is 12.6. The average Bonchev–Trinajstić information content (AvgIpc) is 3.24. The molecule has 61 heavy (non-hydrogen) atoms. The number of aliphatic carboxylic acids is 1. The van der Waals surface area contributed by atoms with Gasteiger partial charge in [0.15, 0.2) is 0 Å². The lowest BCUT2D eigenvalue weighted by molar-refractivity contribution is -0.154. The van der Waals surface area contributed by atoms with Gasteiger partial charge in [0.25, 0.3) is 0 Å². The number of carbonyl (C=O) groups excluding carboxylic acids is 1. The van der Waals surface area contributed by atoms with Crippen LogP contribution in [0.5, 0.6) is 0 Å². The van der Waals surface area contributed by atoms with Crippen LogP contribution in [0.2, 0.25) is 0 Å². The van der Waals surface area contributed by atoms with Gasteiger partial charge in [-0.1, -0.05) is 154 Å². The monoisotopic (exact) mass is 868 g/mol. The molecule has 0 aliphatic rings. The number of phosphoric ester groups is 1. The Morgan fingerprint density at radius 2 is 0.902 bits per heavy atom. The zero-order valence-corrected chi connectivity index (χ0v) is 38.1. The largest absolute Gasteiger partial charge is 0.480 e. The second-order valence-corrected chi connectivity index (χ2v) is 15.5. The summed E-state index contributed by atoms with van der Waals surface area (Å²) in [6.45, 7) is 3.42. The van der Waals surface area contributed by atoms with Crippen LogP contribution in [0, 0.1) is 0 Å². The quantitative estimate of drug-likeness (QED) is 0.0235. The predicted molar refractivity (Wildman–Crippen MR) is 253 cm³/mol. The molecule has 0 radical (unpaired) electrons. The predicted octanol–water partition coefficient (Wildman–Crippen LogP) is 12.6. The van der Waals surface area contributed by atoms with Crippen molar-refractivity contribution in [2.75, 3.05) is 26.4 Å². The molecule has 0 bridgehead atoms. The first kappa shape index (κ1) is 57.1. The van der Waals surface area contributed by atoms with Crippen molar-refractivity contribution in [2.24, 2.45) is 5.73 Å². The van der Waals surface area contributed by atoms with Crippen molar-refractivity contribution in [1.82, 2.24) is 0 Å². The van der Waals surface area contributed by atoms with Gasteiger partial charge in [0.1, 0.15) is 12.1 Å². The van der Waals surface area contributed by atoms with E-state index in [0.29, 0.717) is 13.0 Å². The lowest BCUT2D eigenvalue weighted by atomic mass is 10.1. The summed E-state index contributed by atoms with van der Waals surface area (Å²) in [4.78, 5) is 33.6. The molecule has 3 unspecified atom stereocenters. The van der Waals surface area contributed by atoms with Crippen molar-refractivity contribution >= 4 is 19.8 Å². The van der Waals surface area contributed by atoms with Crippen LogP contribution in [-0.2, 0) is 32.7 Å². The Kier molecular flexibility index (Phi) is 41.4. The second-order valence-electron chi connectivity index (χ2n) is 14.1. The van der Waals surface area contributed by atoms with Gasteiger partial charge in [-0.3, -0.25) is 18.6 Å². The number of carboxylic acids is 1. The Bertz CT molecular complexity index is 1470. The van der Waals surface area contributed by atoms with E-state index in [-0.39, 0.29) is 13.0 Å². The van der Waals surface area contributed by atoms with E-state index in [0.717, 1.165) is 103 Å². The molecule has 342 valence electrons. The van der Waals surface area contributed by atoms with Gasteiger partial charge in [0.05, 0.1) is 19.8 Å². The van der Waals surface area contributed by atoms with E-state index in [1.807, 2.05) is 0 Å². The number of carbonyl (C=O) groups is 2. The Hall–Kier alpha value is -3.89. The summed E-state index contributed by atoms with van der Waals surface area (Å²) in [7, 11) is -4.66. The molecule has 11 heteroatoms. The number of hydrogen-bond donors (Lipinski definition) is 3. The first-order valence-corrected chi connectivity index (χ1v) is 23.7. The fraction of sp³-hybridized carbons (Fsp3) is 0.520. The number of phosphoric acid groups is 1. The van der Waals surface area contributed by atoms with Gasteiger partial charge in [0, 0.05) is 13.0 Å². The van der Waals surface area contributed by atoms with E-state index in [4.69, 9.17) is 29.4 Å². The van der Waals surface area contributed by atoms with Crippen molar-refractivity contribution in [1.29, 1.82) is 0 Å². The topological polar surface area (TPSA) is 155 Å². The summed E-state index contributed by atoms with van der Waals surface area (Å²) in [5.74, 6) is -1.85. The van der Waals surface area contributed by atoms with Crippen LogP contribution in [0.3, 0.4) is 0 Å². The molecule has 0 heterocycles. The summed E-state index contributed by atoms with van der Waals surface area (Å²) >= 11 is 0. The summed E-state index contributed by atoms with van der Waals surface area (Å²) < 4.78 is 33.3. The third kappa shape index (κ3) is 44.0. The molecule has 0 aromatic rings. The van der Waals surface area contributed by atoms with Crippen molar-refractivity contribution in [3.8, 4) is 0 Å². The van der Waals surface area contributed by atoms with Gasteiger partial charge >= 0.3 is 19.8 Å². The molecule has 0 aromatic heterocycles. The molecule has 0 saturated carbocycles. The lowest BCUT2D eigenvalue weighted by Crippen LogP contribution is -2.34. The maximum Gasteiger partial charge on any atom is 0.472 e. The number of rotatable bonds is 40. The highest BCUT2D eigenvalue weighted by atomic mass is 31.2. The van der Waals surface area contributed by atoms with E-state index in [2.05, 4.69) is 148 Å². The average molecular weight is 868 g/mol. The molecule has 0 amide bonds. The smallest absolute Gasteiger partial charge is 0.472 e. The zero-order valence-electron chi connectivity index (χ0n) is 37.2. The van der Waals surface area contributed by atoms with Crippen LogP contribution in [0.1, 0.15) is 129 Å². The first-order chi connectivity index (χ1) is 29.7. The number of esters is 1. The molecule has 0 fully saturated rings. The Morgan fingerprint density at radius 3 is 1.31 bits per heavy atom. The Labute approximate surface area is 368 Å². The van der Waals surface area contributed by atoms with Crippen LogP contribution in [0.25, 0.3) is 0 Å². The molecule has 0 aliphatic carbocycles. The SMILES string of the molecule is CC/C=C\C/C=C\C/C=C\C/C=C\C/C=C\C/C=C\CCCOCC(COP(=O)(O)OCC(N)C(=O)O)OC(=O)CCCCC/C=C\C/C=C\C/C=C\C/C=C\C/C=C\CC. The van der Waals surface area contributed by atoms with Crippen LogP contribution >= 0.6 is 7.82 Å². The summed E-state index contributed by atoms with van der Waals surface area (Å²) in [6, 6.07) is -1.50. The van der Waals surface area contributed by atoms with E-state index in [1.165, 1.54) is 0 Å². The van der Waals surface area contributed by atoms with E-state index in [9.17, 15) is 19.0 Å². The minimum atomic E-state index is -4.66. The van der Waals surface area contributed by atoms with Crippen LogP contribution in [-0.4, -0.2) is 60.5 Å². The number of hydrogen-bond acceptors (Lipinski definition) is 8. The Morgan fingerprint density at radius 1 is 0.525 bits per heavy atom. The molecule has 4 N–H and O–H groups in total. The molecule has 0 aromatic carbocycles. The number of nitrogens with two attached hydrogens (primary N) is 1. The minimum Gasteiger partial charge on any atom is -0.480 e. The summed E-state index contributed by atoms with van der Waals surface area (Å²) in [5, 5.41) is 8.90. The van der Waals surface area contributed by atoms with Crippen LogP contribution in [0.15, 0.2) is 134 Å². The van der Waals surface area contributed by atoms with Crippen molar-refractivity contribution < 1.29 is 42.7 Å². The molecule has 3 atom stereocenters. The third-order valence-corrected chi connectivity index (χ3v) is 9.38. The zero-order chi connectivity index (χ0) is 44.8. The molecule has 0 spiro atoms. The number of unbranched alkanes of at least 4 members (excludes halogenated alkanes) is 4. The van der Waals surface area contributed by atoms with Gasteiger partial charge in [-0.2, -0.15) is 0 Å². The number of allylic oxidation sites excluding steroid dienone is 22. The van der Waals surface area contributed by atoms with Crippen LogP contribution in [0.4, 0.5) is 0 Å². The normalized spacial score (nSPS) is 15.1. The van der Waals surface area contributed by atoms with Crippen molar-refractivity contribution in [2.45, 2.75) is 142 Å². The number of carboxylic acid groups (broad SMARTS) is 1. The van der Waals surface area contributed by atoms with E-state index >= 15 is 0 Å². The molecular formula is C50H78NO9P. The molecule has 0 saturated heterocycles. The highest BCUT2D eigenvalue weighted by Crippen LogP contribution is 2.43. The van der Waals surface area contributed by atoms with Gasteiger partial charge in [-0.05, 0) is 103 Å². The fourth-order valence-electron chi connectivity index (χ4n) is 5.06. The molecule has 10 nitrogen and oxygen atoms in total. The molecule has 0 aliphatic heterocycles. The van der Waals surface area contributed by atoms with Gasteiger partial charge in [0.2, 0.25) is 0 Å². The van der Waals surface area contributed by atoms with Gasteiger partial charge in [-0.25, -0.2) is 4.57 Å².